The smallest absolute Gasteiger partial charge is 0.273 e. The van der Waals surface area contributed by atoms with Crippen LogP contribution in [0.25, 0.3) is 0 Å². The van der Waals surface area contributed by atoms with Crippen molar-refractivity contribution < 1.29 is 14.4 Å². The zero-order valence-electron chi connectivity index (χ0n) is 19.4. The van der Waals surface area contributed by atoms with Gasteiger partial charge in [-0.2, -0.15) is 4.37 Å². The van der Waals surface area contributed by atoms with E-state index in [1.54, 1.807) is 4.90 Å². The van der Waals surface area contributed by atoms with Crippen molar-refractivity contribution in [3.05, 3.63) is 10.6 Å². The van der Waals surface area contributed by atoms with Crippen LogP contribution >= 0.6 is 11.5 Å². The summed E-state index contributed by atoms with van der Waals surface area (Å²) in [7, 11) is 0. The number of nitrogens with zero attached hydrogens (tertiary/aromatic N) is 2. The number of carbonyl (C=O) groups is 3. The molecule has 9 heteroatoms. The van der Waals surface area contributed by atoms with Crippen molar-refractivity contribution in [2.24, 2.45) is 0 Å². The van der Waals surface area contributed by atoms with Crippen LogP contribution in [0.15, 0.2) is 0 Å². The summed E-state index contributed by atoms with van der Waals surface area (Å²) in [5.41, 5.74) is 6.53. The van der Waals surface area contributed by atoms with Crippen LogP contribution in [0, 0.1) is 0 Å². The van der Waals surface area contributed by atoms with Gasteiger partial charge in [-0.15, -0.1) is 0 Å². The predicted octanol–water partition coefficient (Wildman–Crippen LogP) is 3.62. The molecule has 1 heterocycles. The molecule has 0 saturated heterocycles. The minimum atomic E-state index is -0.308. The molecule has 0 unspecified atom stereocenters. The molecule has 33 heavy (non-hydrogen) atoms. The van der Waals surface area contributed by atoms with Gasteiger partial charge < -0.3 is 21.3 Å². The second-order valence-corrected chi connectivity index (χ2v) is 10.6. The monoisotopic (exact) mass is 475 g/mol. The second-order valence-electron chi connectivity index (χ2n) is 9.86. The van der Waals surface area contributed by atoms with Gasteiger partial charge in [-0.25, -0.2) is 0 Å². The van der Waals surface area contributed by atoms with Gasteiger partial charge in [0.05, 0.1) is 5.69 Å². The Morgan fingerprint density at radius 3 is 2.00 bits per heavy atom. The lowest BCUT2D eigenvalue weighted by molar-refractivity contribution is -0.123. The quantitative estimate of drug-likeness (QED) is 0.557. The highest BCUT2D eigenvalue weighted by Gasteiger charge is 2.33. The lowest BCUT2D eigenvalue weighted by atomic mass is 9.95. The van der Waals surface area contributed by atoms with Gasteiger partial charge in [0.2, 0.25) is 5.91 Å². The summed E-state index contributed by atoms with van der Waals surface area (Å²) in [6.45, 7) is 0.0287. The molecule has 3 aliphatic rings. The fourth-order valence-corrected chi connectivity index (χ4v) is 6.26. The van der Waals surface area contributed by atoms with Gasteiger partial charge in [-0.1, -0.05) is 51.4 Å². The number of aromatic nitrogens is 1. The molecular weight excluding hydrogens is 438 g/mol. The molecule has 182 valence electrons. The average molecular weight is 476 g/mol. The summed E-state index contributed by atoms with van der Waals surface area (Å²) in [6.07, 6.45) is 14.7. The zero-order chi connectivity index (χ0) is 23.2. The Bertz CT molecular complexity index is 839. The van der Waals surface area contributed by atoms with E-state index in [2.05, 4.69) is 15.0 Å². The van der Waals surface area contributed by atoms with Crippen LogP contribution in [0.4, 0.5) is 5.69 Å². The molecule has 3 amide bonds. The summed E-state index contributed by atoms with van der Waals surface area (Å²) in [4.78, 5) is 41.0. The first kappa shape index (κ1) is 24.0. The maximum absolute atomic E-state index is 13.5. The van der Waals surface area contributed by atoms with E-state index in [9.17, 15) is 14.4 Å². The third-order valence-corrected chi connectivity index (χ3v) is 8.24. The van der Waals surface area contributed by atoms with Crippen molar-refractivity contribution in [1.82, 2.24) is 19.9 Å². The molecule has 1 aromatic rings. The maximum Gasteiger partial charge on any atom is 0.273 e. The van der Waals surface area contributed by atoms with Crippen molar-refractivity contribution in [1.29, 1.82) is 0 Å². The minimum Gasteiger partial charge on any atom is -0.395 e. The second kappa shape index (κ2) is 11.3. The number of anilines is 1. The molecule has 0 aromatic carbocycles. The van der Waals surface area contributed by atoms with Crippen molar-refractivity contribution in [2.45, 2.75) is 108 Å². The molecule has 0 spiro atoms. The summed E-state index contributed by atoms with van der Waals surface area (Å²) in [5.74, 6) is -0.704. The van der Waals surface area contributed by atoms with Gasteiger partial charge in [0, 0.05) is 18.1 Å². The number of hydrogen-bond donors (Lipinski definition) is 3. The Morgan fingerprint density at radius 1 is 0.848 bits per heavy atom. The van der Waals surface area contributed by atoms with Crippen molar-refractivity contribution in [2.75, 3.05) is 12.3 Å². The van der Waals surface area contributed by atoms with E-state index in [-0.39, 0.29) is 58.7 Å². The topological polar surface area (TPSA) is 117 Å². The van der Waals surface area contributed by atoms with E-state index >= 15 is 0 Å². The third kappa shape index (κ3) is 6.05. The molecule has 4 N–H and O–H groups in total. The Balaban J connectivity index is 1.44. The molecule has 1 aromatic heterocycles. The highest BCUT2D eigenvalue weighted by Crippen LogP contribution is 2.29. The predicted molar refractivity (Wildman–Crippen MR) is 129 cm³/mol. The van der Waals surface area contributed by atoms with E-state index < -0.39 is 0 Å². The van der Waals surface area contributed by atoms with Crippen LogP contribution in [0.3, 0.4) is 0 Å². The molecule has 0 aliphatic heterocycles. The van der Waals surface area contributed by atoms with Crippen LogP contribution in [0.1, 0.15) is 110 Å². The molecule has 3 fully saturated rings. The van der Waals surface area contributed by atoms with Gasteiger partial charge in [0.1, 0.15) is 11.4 Å². The number of nitrogens with two attached hydrogens (primary N) is 1. The standard InChI is InChI=1S/C24H37N5O3S/c25-20-21(23(31)27-17-11-5-2-6-12-17)28-33-22(20)24(32)29(18-13-7-8-14-18)15-19(30)26-16-9-3-1-4-10-16/h16-18H,1-15,25H2,(H,26,30)(H,27,31). The summed E-state index contributed by atoms with van der Waals surface area (Å²) in [6, 6.07) is 0.371. The normalized spacial score (nSPS) is 20.5. The lowest BCUT2D eigenvalue weighted by Crippen LogP contribution is -2.48. The van der Waals surface area contributed by atoms with Gasteiger partial charge in [-0.05, 0) is 50.1 Å². The Hall–Kier alpha value is -2.16. The maximum atomic E-state index is 13.5. The van der Waals surface area contributed by atoms with Gasteiger partial charge in [-0.3, -0.25) is 14.4 Å². The van der Waals surface area contributed by atoms with Crippen molar-refractivity contribution in [3.8, 4) is 0 Å². The first-order valence-electron chi connectivity index (χ1n) is 12.7. The van der Waals surface area contributed by atoms with Crippen molar-refractivity contribution in [3.63, 3.8) is 0 Å². The number of amides is 3. The first-order valence-corrected chi connectivity index (χ1v) is 13.5. The highest BCUT2D eigenvalue weighted by molar-refractivity contribution is 7.09. The summed E-state index contributed by atoms with van der Waals surface area (Å²) >= 11 is 0.966. The highest BCUT2D eigenvalue weighted by atomic mass is 32.1. The Morgan fingerprint density at radius 2 is 1.39 bits per heavy atom. The van der Waals surface area contributed by atoms with Crippen LogP contribution in [-0.2, 0) is 4.79 Å². The molecule has 0 radical (unpaired) electrons. The molecule has 3 aliphatic carbocycles. The molecule has 0 atom stereocenters. The number of rotatable bonds is 7. The van der Waals surface area contributed by atoms with Crippen LogP contribution in [0.2, 0.25) is 0 Å². The molecular formula is C24H37N5O3S. The largest absolute Gasteiger partial charge is 0.395 e. The van der Waals surface area contributed by atoms with E-state index in [1.807, 2.05) is 0 Å². The van der Waals surface area contributed by atoms with Gasteiger partial charge in [0.25, 0.3) is 11.8 Å². The third-order valence-electron chi connectivity index (χ3n) is 7.39. The van der Waals surface area contributed by atoms with E-state index in [0.29, 0.717) is 0 Å². The fourth-order valence-electron chi connectivity index (χ4n) is 5.50. The molecule has 0 bridgehead atoms. The van der Waals surface area contributed by atoms with E-state index in [0.717, 1.165) is 88.6 Å². The minimum absolute atomic E-state index is 0.0237. The summed E-state index contributed by atoms with van der Waals surface area (Å²) in [5, 5.41) is 6.15. The molecule has 3 saturated carbocycles. The number of nitrogen functional groups attached to an aromatic ring is 1. The zero-order valence-corrected chi connectivity index (χ0v) is 20.3. The van der Waals surface area contributed by atoms with E-state index in [4.69, 9.17) is 5.73 Å². The first-order chi connectivity index (χ1) is 16.0. The molecule has 4 rings (SSSR count). The van der Waals surface area contributed by atoms with Crippen molar-refractivity contribution >= 4 is 34.9 Å². The Kier molecular flexibility index (Phi) is 8.22. The lowest BCUT2D eigenvalue weighted by Gasteiger charge is -2.30. The fraction of sp³-hybridized carbons (Fsp3) is 0.750. The summed E-state index contributed by atoms with van der Waals surface area (Å²) < 4.78 is 4.24. The van der Waals surface area contributed by atoms with E-state index in [1.165, 1.54) is 12.8 Å². The van der Waals surface area contributed by atoms with Gasteiger partial charge in [0.15, 0.2) is 5.69 Å². The SMILES string of the molecule is Nc1c(C(=O)NC2CCCCC2)nsc1C(=O)N(CC(=O)NC1CCCCC1)C1CCCC1. The number of carbonyl (C=O) groups excluding carboxylic acids is 3. The van der Waals surface area contributed by atoms with Crippen LogP contribution in [0.5, 0.6) is 0 Å². The Labute approximate surface area is 200 Å². The van der Waals surface area contributed by atoms with Crippen LogP contribution in [-0.4, -0.2) is 51.7 Å². The average Bonchev–Trinajstić information content (AvgIpc) is 3.48. The van der Waals surface area contributed by atoms with Gasteiger partial charge >= 0.3 is 0 Å². The van der Waals surface area contributed by atoms with Crippen LogP contribution < -0.4 is 16.4 Å². The number of nitrogens with one attached hydrogen (secondary N) is 2. The molecule has 8 nitrogen and oxygen atoms in total. The number of hydrogen-bond acceptors (Lipinski definition) is 6.